The predicted molar refractivity (Wildman–Crippen MR) is 123 cm³/mol. The van der Waals surface area contributed by atoms with Crippen LogP contribution in [-0.4, -0.2) is 24.1 Å². The summed E-state index contributed by atoms with van der Waals surface area (Å²) in [6.45, 7) is 12.0. The molecule has 32 heavy (non-hydrogen) atoms. The average Bonchev–Trinajstić information content (AvgIpc) is 2.67. The van der Waals surface area contributed by atoms with E-state index in [1.54, 1.807) is 12.1 Å². The van der Waals surface area contributed by atoms with Crippen molar-refractivity contribution in [1.82, 2.24) is 0 Å². The highest BCUT2D eigenvalue weighted by Crippen LogP contribution is 2.38. The minimum absolute atomic E-state index is 0.0187. The molecule has 0 aliphatic rings. The number of non-ortho nitro benzene ring substituents is 1. The third kappa shape index (κ3) is 5.79. The lowest BCUT2D eigenvalue weighted by Crippen LogP contribution is -2.44. The van der Waals surface area contributed by atoms with E-state index in [0.717, 1.165) is 18.2 Å². The highest BCUT2D eigenvalue weighted by molar-refractivity contribution is 6.74. The maximum absolute atomic E-state index is 12.4. The van der Waals surface area contributed by atoms with Crippen molar-refractivity contribution in [3.8, 4) is 11.5 Å². The van der Waals surface area contributed by atoms with E-state index in [-0.39, 0.29) is 16.4 Å². The minimum Gasteiger partial charge on any atom is -0.543 e. The molecule has 0 spiro atoms. The number of hydrogen-bond acceptors (Lipinski definition) is 7. The highest BCUT2D eigenvalue weighted by Gasteiger charge is 2.39. The molecule has 0 unspecified atom stereocenters. The number of carbonyl (C=O) groups excluding carboxylic acids is 1. The van der Waals surface area contributed by atoms with E-state index in [1.807, 2.05) is 12.1 Å². The number of carbonyl (C=O) groups is 1. The van der Waals surface area contributed by atoms with E-state index in [0.29, 0.717) is 11.3 Å². The van der Waals surface area contributed by atoms with Crippen LogP contribution in [0.1, 0.15) is 31.9 Å². The van der Waals surface area contributed by atoms with Gasteiger partial charge in [-0.1, -0.05) is 39.0 Å². The van der Waals surface area contributed by atoms with Gasteiger partial charge < -0.3 is 9.16 Å². The summed E-state index contributed by atoms with van der Waals surface area (Å²) in [6, 6.07) is 9.11. The van der Waals surface area contributed by atoms with Crippen LogP contribution >= 0.6 is 0 Å². The van der Waals surface area contributed by atoms with Gasteiger partial charge in [-0.25, -0.2) is 4.79 Å². The van der Waals surface area contributed by atoms with E-state index >= 15 is 0 Å². The van der Waals surface area contributed by atoms with Gasteiger partial charge in [-0.05, 0) is 37.2 Å². The summed E-state index contributed by atoms with van der Waals surface area (Å²) in [5.74, 6) is -0.561. The zero-order valence-corrected chi connectivity index (χ0v) is 19.9. The number of nitro benzene ring substituents is 2. The number of nitrogens with zero attached hydrogens (tertiary/aromatic N) is 2. The van der Waals surface area contributed by atoms with Gasteiger partial charge in [0.25, 0.3) is 14.0 Å². The first-order valence-electron chi connectivity index (χ1n) is 9.84. The van der Waals surface area contributed by atoms with Crippen molar-refractivity contribution < 1.29 is 23.8 Å². The fourth-order valence-corrected chi connectivity index (χ4v) is 3.58. The fraction of sp³-hybridized carbons (Fsp3) is 0.318. The zero-order chi connectivity index (χ0) is 24.3. The maximum atomic E-state index is 12.4. The van der Waals surface area contributed by atoms with Crippen LogP contribution in [0.15, 0.2) is 42.5 Å². The Morgan fingerprint density at radius 1 is 1.06 bits per heavy atom. The van der Waals surface area contributed by atoms with E-state index in [9.17, 15) is 25.0 Å². The molecule has 2 rings (SSSR count). The molecule has 0 saturated heterocycles. The molecular formula is C22H26N2O7Si. The molecule has 2 aromatic rings. The van der Waals surface area contributed by atoms with Gasteiger partial charge in [0.05, 0.1) is 15.9 Å². The summed E-state index contributed by atoms with van der Waals surface area (Å²) in [7, 11) is -2.12. The van der Waals surface area contributed by atoms with Crippen molar-refractivity contribution in [3.05, 3.63) is 73.8 Å². The second kappa shape index (κ2) is 9.31. The number of esters is 1. The summed E-state index contributed by atoms with van der Waals surface area (Å²) >= 11 is 0. The SMILES string of the molecule is Cc1cc([N+](=O)[O-])cc([N+](=O)[O-])c1OC(=O)/C=C/c1ccccc1O[Si](C)(C)C(C)(C)C. The molecular weight excluding hydrogens is 432 g/mol. The molecule has 10 heteroatoms. The Morgan fingerprint density at radius 3 is 2.25 bits per heavy atom. The van der Waals surface area contributed by atoms with Crippen LogP contribution in [0.4, 0.5) is 11.4 Å². The number of ether oxygens (including phenoxy) is 1. The molecule has 0 bridgehead atoms. The number of benzene rings is 2. The van der Waals surface area contributed by atoms with Gasteiger partial charge in [0.1, 0.15) is 5.75 Å². The lowest BCUT2D eigenvalue weighted by molar-refractivity contribution is -0.394. The Labute approximate surface area is 187 Å². The first kappa shape index (κ1) is 24.7. The summed E-state index contributed by atoms with van der Waals surface area (Å²) in [4.78, 5) is 33.1. The number of rotatable bonds is 7. The standard InChI is InChI=1S/C22H26N2O7Si/c1-15-13-17(23(26)27)14-18(24(28)29)21(15)30-20(25)12-11-16-9-7-8-10-19(16)31-32(5,6)22(2,3)4/h7-14H,1-6H3/b12-11+. The number of hydrogen-bond donors (Lipinski definition) is 0. The number of aryl methyl sites for hydroxylation is 1. The van der Waals surface area contributed by atoms with E-state index in [4.69, 9.17) is 9.16 Å². The molecule has 0 aliphatic heterocycles. The molecule has 0 fully saturated rings. The average molecular weight is 459 g/mol. The lowest BCUT2D eigenvalue weighted by atomic mass is 10.1. The third-order valence-corrected chi connectivity index (χ3v) is 9.68. The maximum Gasteiger partial charge on any atom is 0.336 e. The molecule has 0 amide bonds. The Bertz CT molecular complexity index is 1090. The van der Waals surface area contributed by atoms with Gasteiger partial charge in [-0.15, -0.1) is 0 Å². The van der Waals surface area contributed by atoms with E-state index in [2.05, 4.69) is 33.9 Å². The monoisotopic (exact) mass is 458 g/mol. The van der Waals surface area contributed by atoms with E-state index < -0.39 is 35.5 Å². The lowest BCUT2D eigenvalue weighted by Gasteiger charge is -2.36. The van der Waals surface area contributed by atoms with Crippen molar-refractivity contribution in [1.29, 1.82) is 0 Å². The smallest absolute Gasteiger partial charge is 0.336 e. The Hall–Kier alpha value is -3.53. The normalized spacial score (nSPS) is 11.9. The zero-order valence-electron chi connectivity index (χ0n) is 18.9. The molecule has 0 aromatic heterocycles. The van der Waals surface area contributed by atoms with Crippen LogP contribution in [0.2, 0.25) is 18.1 Å². The van der Waals surface area contributed by atoms with Crippen LogP contribution in [0.3, 0.4) is 0 Å². The summed E-state index contributed by atoms with van der Waals surface area (Å²) < 4.78 is 11.5. The molecule has 0 saturated carbocycles. The molecule has 0 atom stereocenters. The summed E-state index contributed by atoms with van der Waals surface area (Å²) in [5.41, 5.74) is -0.347. The van der Waals surface area contributed by atoms with Crippen LogP contribution in [-0.2, 0) is 4.79 Å². The summed E-state index contributed by atoms with van der Waals surface area (Å²) in [6.07, 6.45) is 2.65. The van der Waals surface area contributed by atoms with Gasteiger partial charge in [0.15, 0.2) is 0 Å². The van der Waals surface area contributed by atoms with Gasteiger partial charge >= 0.3 is 11.7 Å². The van der Waals surface area contributed by atoms with Gasteiger partial charge in [-0.2, -0.15) is 0 Å². The molecule has 0 heterocycles. The van der Waals surface area contributed by atoms with Crippen molar-refractivity contribution in [3.63, 3.8) is 0 Å². The second-order valence-electron chi connectivity index (χ2n) is 8.78. The van der Waals surface area contributed by atoms with Crippen molar-refractivity contribution in [2.75, 3.05) is 0 Å². The van der Waals surface area contributed by atoms with Crippen LogP contribution in [0.25, 0.3) is 6.08 Å². The van der Waals surface area contributed by atoms with Crippen molar-refractivity contribution in [2.24, 2.45) is 0 Å². The second-order valence-corrected chi connectivity index (χ2v) is 13.5. The Morgan fingerprint density at radius 2 is 1.69 bits per heavy atom. The third-order valence-electron chi connectivity index (χ3n) is 5.34. The Kier molecular flexibility index (Phi) is 7.19. The van der Waals surface area contributed by atoms with Crippen LogP contribution in [0, 0.1) is 27.2 Å². The van der Waals surface area contributed by atoms with Crippen LogP contribution < -0.4 is 9.16 Å². The molecule has 0 N–H and O–H groups in total. The van der Waals surface area contributed by atoms with Crippen molar-refractivity contribution in [2.45, 2.75) is 45.8 Å². The van der Waals surface area contributed by atoms with Gasteiger partial charge in [-0.3, -0.25) is 20.2 Å². The summed E-state index contributed by atoms with van der Waals surface area (Å²) in [5, 5.41) is 22.3. The Balaban J connectivity index is 2.30. The number of para-hydroxylation sites is 1. The molecule has 2 aromatic carbocycles. The highest BCUT2D eigenvalue weighted by atomic mass is 28.4. The predicted octanol–water partition coefficient (Wildman–Crippen LogP) is 5.81. The fourth-order valence-electron chi connectivity index (χ4n) is 2.54. The van der Waals surface area contributed by atoms with Crippen molar-refractivity contribution >= 4 is 31.7 Å². The van der Waals surface area contributed by atoms with Gasteiger partial charge in [0, 0.05) is 23.3 Å². The minimum atomic E-state index is -2.12. The van der Waals surface area contributed by atoms with E-state index in [1.165, 1.54) is 13.0 Å². The first-order chi connectivity index (χ1) is 14.7. The number of nitro groups is 2. The largest absolute Gasteiger partial charge is 0.543 e. The topological polar surface area (TPSA) is 122 Å². The molecule has 9 nitrogen and oxygen atoms in total. The van der Waals surface area contributed by atoms with Crippen LogP contribution in [0.5, 0.6) is 11.5 Å². The quantitative estimate of drug-likeness (QED) is 0.128. The first-order valence-corrected chi connectivity index (χ1v) is 12.7. The molecule has 170 valence electrons. The molecule has 0 aliphatic carbocycles. The van der Waals surface area contributed by atoms with Gasteiger partial charge in [0.2, 0.25) is 5.75 Å². The molecule has 0 radical (unpaired) electrons.